The first-order valence-corrected chi connectivity index (χ1v) is 7.98. The molecule has 0 spiro atoms. The molecule has 1 aromatic rings. The number of nitrogens with one attached hydrogen (secondary N) is 1. The second-order valence-corrected chi connectivity index (χ2v) is 6.50. The molecule has 0 unspecified atom stereocenters. The molecule has 0 radical (unpaired) electrons. The van der Waals surface area contributed by atoms with Crippen LogP contribution < -0.4 is 16.2 Å². The standard InChI is InChI=1S/C15H26N6/c1-11(2)15-17-13(19-16)9-14(18-15)21-7-5-20(6-8-21)10-12-3-4-12/h9,11-12H,3-8,10,16H2,1-2H3,(H,17,18,19). The molecular weight excluding hydrogens is 264 g/mol. The monoisotopic (exact) mass is 290 g/mol. The Balaban J connectivity index is 1.67. The van der Waals surface area contributed by atoms with Crippen molar-refractivity contribution < 1.29 is 0 Å². The molecule has 6 heteroatoms. The predicted molar refractivity (Wildman–Crippen MR) is 85.3 cm³/mol. The summed E-state index contributed by atoms with van der Waals surface area (Å²) in [5, 5.41) is 0. The molecule has 1 aliphatic heterocycles. The average Bonchev–Trinajstić information content (AvgIpc) is 3.31. The Morgan fingerprint density at radius 3 is 2.52 bits per heavy atom. The van der Waals surface area contributed by atoms with Crippen molar-refractivity contribution in [1.29, 1.82) is 0 Å². The summed E-state index contributed by atoms with van der Waals surface area (Å²) in [5.41, 5.74) is 2.66. The lowest BCUT2D eigenvalue weighted by Crippen LogP contribution is -2.47. The molecule has 3 rings (SSSR count). The van der Waals surface area contributed by atoms with Gasteiger partial charge in [0.05, 0.1) is 0 Å². The second kappa shape index (κ2) is 6.15. The van der Waals surface area contributed by atoms with Gasteiger partial charge in [0.1, 0.15) is 17.5 Å². The van der Waals surface area contributed by atoms with Gasteiger partial charge in [-0.05, 0) is 18.8 Å². The van der Waals surface area contributed by atoms with Crippen molar-refractivity contribution in [2.24, 2.45) is 11.8 Å². The van der Waals surface area contributed by atoms with Crippen LogP contribution in [0, 0.1) is 5.92 Å². The summed E-state index contributed by atoms with van der Waals surface area (Å²) in [6.07, 6.45) is 2.85. The van der Waals surface area contributed by atoms with Crippen LogP contribution in [0.1, 0.15) is 38.4 Å². The molecule has 116 valence electrons. The Bertz CT molecular complexity index is 477. The molecule has 1 aliphatic carbocycles. The zero-order valence-electron chi connectivity index (χ0n) is 13.0. The lowest BCUT2D eigenvalue weighted by atomic mass is 10.2. The van der Waals surface area contributed by atoms with E-state index in [0.29, 0.717) is 11.7 Å². The van der Waals surface area contributed by atoms with Crippen molar-refractivity contribution in [2.45, 2.75) is 32.6 Å². The van der Waals surface area contributed by atoms with E-state index < -0.39 is 0 Å². The molecule has 2 aliphatic rings. The van der Waals surface area contributed by atoms with Crippen molar-refractivity contribution in [3.8, 4) is 0 Å². The van der Waals surface area contributed by atoms with Gasteiger partial charge in [0.2, 0.25) is 0 Å². The maximum atomic E-state index is 5.53. The van der Waals surface area contributed by atoms with Crippen molar-refractivity contribution in [1.82, 2.24) is 14.9 Å². The Hall–Kier alpha value is -1.40. The van der Waals surface area contributed by atoms with Crippen LogP contribution in [0.5, 0.6) is 0 Å². The number of rotatable bonds is 5. The van der Waals surface area contributed by atoms with E-state index in [4.69, 9.17) is 10.8 Å². The van der Waals surface area contributed by atoms with Gasteiger partial charge in [-0.2, -0.15) is 0 Å². The molecule has 2 fully saturated rings. The molecule has 1 aromatic heterocycles. The smallest absolute Gasteiger partial charge is 0.145 e. The van der Waals surface area contributed by atoms with E-state index in [1.807, 2.05) is 6.07 Å². The molecule has 6 nitrogen and oxygen atoms in total. The maximum absolute atomic E-state index is 5.53. The van der Waals surface area contributed by atoms with E-state index in [9.17, 15) is 0 Å². The number of hydrazine groups is 1. The third kappa shape index (κ3) is 3.63. The van der Waals surface area contributed by atoms with Crippen LogP contribution in [-0.4, -0.2) is 47.6 Å². The molecule has 0 amide bonds. The minimum absolute atomic E-state index is 0.299. The molecule has 3 N–H and O–H groups in total. The number of piperazine rings is 1. The number of hydrogen-bond donors (Lipinski definition) is 2. The first kappa shape index (κ1) is 14.5. The molecule has 2 heterocycles. The fraction of sp³-hybridized carbons (Fsp3) is 0.733. The zero-order valence-corrected chi connectivity index (χ0v) is 13.0. The lowest BCUT2D eigenvalue weighted by Gasteiger charge is -2.35. The van der Waals surface area contributed by atoms with Gasteiger partial charge in [0.15, 0.2) is 0 Å². The minimum atomic E-state index is 0.299. The topological polar surface area (TPSA) is 70.3 Å². The van der Waals surface area contributed by atoms with E-state index in [1.54, 1.807) is 0 Å². The van der Waals surface area contributed by atoms with Crippen molar-refractivity contribution in [2.75, 3.05) is 43.0 Å². The van der Waals surface area contributed by atoms with Gasteiger partial charge >= 0.3 is 0 Å². The molecule has 0 bridgehead atoms. The number of anilines is 2. The van der Waals surface area contributed by atoms with E-state index in [-0.39, 0.29) is 0 Å². The van der Waals surface area contributed by atoms with Crippen LogP contribution in [-0.2, 0) is 0 Å². The van der Waals surface area contributed by atoms with Crippen LogP contribution in [0.3, 0.4) is 0 Å². The van der Waals surface area contributed by atoms with Crippen molar-refractivity contribution >= 4 is 11.6 Å². The summed E-state index contributed by atoms with van der Waals surface area (Å²) >= 11 is 0. The summed E-state index contributed by atoms with van der Waals surface area (Å²) in [7, 11) is 0. The SMILES string of the molecule is CC(C)c1nc(NN)cc(N2CCN(CC3CC3)CC2)n1. The van der Waals surface area contributed by atoms with Gasteiger partial charge in [0.25, 0.3) is 0 Å². The Morgan fingerprint density at radius 2 is 1.95 bits per heavy atom. The first-order valence-electron chi connectivity index (χ1n) is 7.98. The van der Waals surface area contributed by atoms with E-state index >= 15 is 0 Å². The van der Waals surface area contributed by atoms with Gasteiger partial charge in [-0.1, -0.05) is 13.8 Å². The van der Waals surface area contributed by atoms with Gasteiger partial charge < -0.3 is 10.3 Å². The Kier molecular flexibility index (Phi) is 4.26. The zero-order chi connectivity index (χ0) is 14.8. The molecule has 21 heavy (non-hydrogen) atoms. The van der Waals surface area contributed by atoms with Crippen LogP contribution in [0.4, 0.5) is 11.6 Å². The molecule has 0 atom stereocenters. The lowest BCUT2D eigenvalue weighted by molar-refractivity contribution is 0.247. The fourth-order valence-corrected chi connectivity index (χ4v) is 2.77. The molecular formula is C15H26N6. The fourth-order valence-electron chi connectivity index (χ4n) is 2.77. The highest BCUT2D eigenvalue weighted by atomic mass is 15.3. The molecule has 1 saturated carbocycles. The third-order valence-electron chi connectivity index (χ3n) is 4.30. The molecule has 1 saturated heterocycles. The summed E-state index contributed by atoms with van der Waals surface area (Å²) in [4.78, 5) is 14.1. The van der Waals surface area contributed by atoms with E-state index in [2.05, 4.69) is 34.1 Å². The summed E-state index contributed by atoms with van der Waals surface area (Å²) in [5.74, 6) is 9.34. The van der Waals surface area contributed by atoms with Gasteiger partial charge in [-0.25, -0.2) is 15.8 Å². The minimum Gasteiger partial charge on any atom is -0.354 e. The number of nitrogens with zero attached hydrogens (tertiary/aromatic N) is 4. The second-order valence-electron chi connectivity index (χ2n) is 6.50. The summed E-state index contributed by atoms with van der Waals surface area (Å²) in [6.45, 7) is 9.81. The third-order valence-corrected chi connectivity index (χ3v) is 4.30. The van der Waals surface area contributed by atoms with Crippen LogP contribution in [0.25, 0.3) is 0 Å². The first-order chi connectivity index (χ1) is 10.2. The normalized spacial score (nSPS) is 20.1. The Labute approximate surface area is 126 Å². The van der Waals surface area contributed by atoms with Gasteiger partial charge in [-0.3, -0.25) is 4.90 Å². The van der Waals surface area contributed by atoms with Crippen molar-refractivity contribution in [3.63, 3.8) is 0 Å². The number of aromatic nitrogens is 2. The largest absolute Gasteiger partial charge is 0.354 e. The summed E-state index contributed by atoms with van der Waals surface area (Å²) in [6, 6.07) is 1.95. The Morgan fingerprint density at radius 1 is 1.24 bits per heavy atom. The van der Waals surface area contributed by atoms with Gasteiger partial charge in [0, 0.05) is 44.7 Å². The van der Waals surface area contributed by atoms with Crippen LogP contribution >= 0.6 is 0 Å². The summed E-state index contributed by atoms with van der Waals surface area (Å²) < 4.78 is 0. The van der Waals surface area contributed by atoms with E-state index in [1.165, 1.54) is 19.4 Å². The molecule has 0 aromatic carbocycles. The highest BCUT2D eigenvalue weighted by Crippen LogP contribution is 2.30. The van der Waals surface area contributed by atoms with Gasteiger partial charge in [-0.15, -0.1) is 0 Å². The predicted octanol–water partition coefficient (Wildman–Crippen LogP) is 1.42. The average molecular weight is 290 g/mol. The highest BCUT2D eigenvalue weighted by Gasteiger charge is 2.27. The van der Waals surface area contributed by atoms with Crippen molar-refractivity contribution in [3.05, 3.63) is 11.9 Å². The number of nitrogens with two attached hydrogens (primary N) is 1. The highest BCUT2D eigenvalue weighted by molar-refractivity contribution is 5.49. The number of hydrogen-bond acceptors (Lipinski definition) is 6. The quantitative estimate of drug-likeness (QED) is 0.631. The van der Waals surface area contributed by atoms with Crippen LogP contribution in [0.15, 0.2) is 6.07 Å². The van der Waals surface area contributed by atoms with Crippen LogP contribution in [0.2, 0.25) is 0 Å². The number of nitrogen functional groups attached to an aromatic ring is 1. The maximum Gasteiger partial charge on any atom is 0.145 e. The van der Waals surface area contributed by atoms with E-state index in [0.717, 1.165) is 43.7 Å².